The van der Waals surface area contributed by atoms with Crippen molar-refractivity contribution in [3.05, 3.63) is 52.2 Å². The number of hydrogen-bond donors (Lipinski definition) is 1. The van der Waals surface area contributed by atoms with Gasteiger partial charge in [-0.2, -0.15) is 0 Å². The highest BCUT2D eigenvalue weighted by Gasteiger charge is 2.35. The van der Waals surface area contributed by atoms with Crippen LogP contribution >= 0.6 is 11.3 Å². The molecule has 1 saturated carbocycles. The van der Waals surface area contributed by atoms with Crippen molar-refractivity contribution in [3.8, 4) is 0 Å². The van der Waals surface area contributed by atoms with E-state index in [1.807, 2.05) is 44.2 Å². The zero-order chi connectivity index (χ0) is 24.7. The molecule has 0 saturated heterocycles. The Hall–Kier alpha value is -3.13. The van der Waals surface area contributed by atoms with Crippen molar-refractivity contribution in [2.45, 2.75) is 65.0 Å². The van der Waals surface area contributed by atoms with Crippen LogP contribution in [0.25, 0.3) is 16.7 Å². The van der Waals surface area contributed by atoms with E-state index in [9.17, 15) is 14.7 Å². The summed E-state index contributed by atoms with van der Waals surface area (Å²) in [5.41, 5.74) is 2.82. The molecule has 1 aliphatic carbocycles. The van der Waals surface area contributed by atoms with Gasteiger partial charge in [0.25, 0.3) is 0 Å². The zero-order valence-electron chi connectivity index (χ0n) is 20.2. The Bertz CT molecular complexity index is 1250. The molecule has 1 fully saturated rings. The minimum atomic E-state index is -1.03. The Morgan fingerprint density at radius 3 is 2.60 bits per heavy atom. The molecule has 1 atom stereocenters. The summed E-state index contributed by atoms with van der Waals surface area (Å²) >= 11 is 1.18. The monoisotopic (exact) mass is 494 g/mol. The second kappa shape index (κ2) is 9.49. The maximum absolute atomic E-state index is 13.6. The number of hydrogen-bond acceptors (Lipinski definition) is 6. The Morgan fingerprint density at radius 2 is 1.91 bits per heavy atom. The molecule has 184 valence electrons. The number of amides is 1. The van der Waals surface area contributed by atoms with Crippen molar-refractivity contribution in [3.63, 3.8) is 0 Å². The van der Waals surface area contributed by atoms with E-state index in [0.29, 0.717) is 29.5 Å². The molecule has 8 heteroatoms. The number of para-hydroxylation sites is 2. The number of carboxylic acids is 1. The fourth-order valence-corrected chi connectivity index (χ4v) is 6.02. The Morgan fingerprint density at radius 1 is 1.17 bits per heavy atom. The minimum Gasteiger partial charge on any atom is -0.488 e. The van der Waals surface area contributed by atoms with Gasteiger partial charge >= 0.3 is 5.97 Å². The van der Waals surface area contributed by atoms with E-state index >= 15 is 0 Å². The summed E-state index contributed by atoms with van der Waals surface area (Å²) in [7, 11) is 0. The van der Waals surface area contributed by atoms with Crippen LogP contribution in [0.1, 0.15) is 79.4 Å². The maximum atomic E-state index is 13.6. The highest BCUT2D eigenvalue weighted by Crippen LogP contribution is 2.43. The molecule has 1 unspecified atom stereocenters. The number of ether oxygens (including phenoxy) is 1. The minimum absolute atomic E-state index is 0.0275. The summed E-state index contributed by atoms with van der Waals surface area (Å²) < 4.78 is 11.7. The maximum Gasteiger partial charge on any atom is 0.348 e. The number of fused-ring (bicyclic) bond motifs is 1. The lowest BCUT2D eigenvalue weighted by Crippen LogP contribution is -2.42. The predicted octanol–water partition coefficient (Wildman–Crippen LogP) is 6.66. The molecule has 1 N–H and O–H groups in total. The Kier molecular flexibility index (Phi) is 6.40. The zero-order valence-corrected chi connectivity index (χ0v) is 21.0. The summed E-state index contributed by atoms with van der Waals surface area (Å²) in [5, 5.41) is 9.99. The normalized spacial score (nSPS) is 22.3. The molecule has 0 spiro atoms. The van der Waals surface area contributed by atoms with Crippen LogP contribution in [-0.2, 0) is 9.53 Å². The van der Waals surface area contributed by atoms with E-state index in [2.05, 4.69) is 11.9 Å². The highest BCUT2D eigenvalue weighted by molar-refractivity contribution is 7.15. The smallest absolute Gasteiger partial charge is 0.348 e. The third kappa shape index (κ3) is 4.59. The number of carbonyl (C=O) groups is 2. The van der Waals surface area contributed by atoms with Gasteiger partial charge in [0.15, 0.2) is 11.7 Å². The molecule has 2 aliphatic rings. The number of oxazole rings is 1. The van der Waals surface area contributed by atoms with E-state index in [1.165, 1.54) is 11.3 Å². The van der Waals surface area contributed by atoms with Gasteiger partial charge in [-0.25, -0.2) is 9.78 Å². The lowest BCUT2D eigenvalue weighted by molar-refractivity contribution is -0.123. The number of carboxylic acid groups (broad SMARTS) is 1. The molecule has 35 heavy (non-hydrogen) atoms. The van der Waals surface area contributed by atoms with Gasteiger partial charge in [-0.1, -0.05) is 19.1 Å². The summed E-state index contributed by atoms with van der Waals surface area (Å²) in [6.45, 7) is 6.10. The second-order valence-electron chi connectivity index (χ2n) is 9.88. The molecule has 1 aliphatic heterocycles. The van der Waals surface area contributed by atoms with E-state index in [-0.39, 0.29) is 28.8 Å². The predicted molar refractivity (Wildman–Crippen MR) is 135 cm³/mol. The van der Waals surface area contributed by atoms with Crippen LogP contribution in [0.2, 0.25) is 0 Å². The van der Waals surface area contributed by atoms with Crippen LogP contribution in [-0.4, -0.2) is 28.0 Å². The summed E-state index contributed by atoms with van der Waals surface area (Å²) in [6, 6.07) is 9.24. The largest absolute Gasteiger partial charge is 0.488 e. The summed E-state index contributed by atoms with van der Waals surface area (Å²) in [6.07, 6.45) is 5.58. The summed E-state index contributed by atoms with van der Waals surface area (Å²) in [4.78, 5) is 32.9. The average molecular weight is 495 g/mol. The fourth-order valence-electron chi connectivity index (χ4n) is 5.02. The first kappa shape index (κ1) is 23.6. The first-order chi connectivity index (χ1) is 16.8. The van der Waals surface area contributed by atoms with E-state index in [1.54, 1.807) is 11.2 Å². The Balaban J connectivity index is 1.40. The number of rotatable bonds is 6. The third-order valence-corrected chi connectivity index (χ3v) is 8.16. The number of anilines is 1. The topological polar surface area (TPSA) is 92.9 Å². The molecular formula is C27H30N2O5S. The van der Waals surface area contributed by atoms with Gasteiger partial charge in [0.2, 0.25) is 11.8 Å². The molecule has 0 bridgehead atoms. The van der Waals surface area contributed by atoms with Gasteiger partial charge in [-0.05, 0) is 63.6 Å². The third-order valence-electron chi connectivity index (χ3n) is 6.97. The quantitative estimate of drug-likeness (QED) is 0.412. The van der Waals surface area contributed by atoms with Gasteiger partial charge in [0.1, 0.15) is 10.4 Å². The molecule has 1 amide bonds. The first-order valence-corrected chi connectivity index (χ1v) is 13.0. The number of thiophene rings is 1. The van der Waals surface area contributed by atoms with Crippen molar-refractivity contribution < 1.29 is 23.8 Å². The molecular weight excluding hydrogens is 464 g/mol. The lowest BCUT2D eigenvalue weighted by Gasteiger charge is -2.33. The molecule has 0 radical (unpaired) electrons. The molecule has 3 aromatic rings. The van der Waals surface area contributed by atoms with Crippen LogP contribution in [0.5, 0.6) is 0 Å². The second-order valence-corrected chi connectivity index (χ2v) is 10.9. The van der Waals surface area contributed by atoms with Crippen molar-refractivity contribution in [1.82, 2.24) is 4.98 Å². The van der Waals surface area contributed by atoms with Gasteiger partial charge in [-0.15, -0.1) is 11.3 Å². The van der Waals surface area contributed by atoms with Gasteiger partial charge in [0.05, 0.1) is 11.9 Å². The van der Waals surface area contributed by atoms with Crippen molar-refractivity contribution in [2.24, 2.45) is 11.8 Å². The van der Waals surface area contributed by atoms with Crippen LogP contribution in [0, 0.1) is 11.8 Å². The van der Waals surface area contributed by atoms with Gasteiger partial charge < -0.3 is 19.2 Å². The van der Waals surface area contributed by atoms with E-state index in [0.717, 1.165) is 41.7 Å². The van der Waals surface area contributed by atoms with Crippen LogP contribution in [0.3, 0.4) is 0 Å². The molecule has 2 aromatic heterocycles. The van der Waals surface area contributed by atoms with Crippen LogP contribution < -0.4 is 4.90 Å². The van der Waals surface area contributed by atoms with Crippen LogP contribution in [0.15, 0.2) is 41.0 Å². The van der Waals surface area contributed by atoms with Crippen molar-refractivity contribution >= 4 is 45.6 Å². The Labute approximate surface area is 208 Å². The number of nitrogens with zero attached hydrogens (tertiary/aromatic N) is 2. The average Bonchev–Trinajstić information content (AvgIpc) is 3.57. The summed E-state index contributed by atoms with van der Waals surface area (Å²) in [5.74, 6) is 0.0773. The molecule has 3 heterocycles. The van der Waals surface area contributed by atoms with E-state index in [4.69, 9.17) is 9.15 Å². The molecule has 1 aromatic carbocycles. The number of carbonyl (C=O) groups excluding carboxylic acids is 1. The van der Waals surface area contributed by atoms with Crippen molar-refractivity contribution in [2.75, 3.05) is 4.90 Å². The number of aromatic carboxylic acids is 1. The molecule has 5 rings (SSSR count). The highest BCUT2D eigenvalue weighted by atomic mass is 32.1. The lowest BCUT2D eigenvalue weighted by atomic mass is 9.82. The van der Waals surface area contributed by atoms with E-state index < -0.39 is 5.97 Å². The SMILES string of the molecule is CC1CCC(C(=O)N(c2cc(C3=COC(c4nc5ccccc5o4)C3)sc2C(=O)O)C(C)C)CC1. The first-order valence-electron chi connectivity index (χ1n) is 12.2. The molecule has 7 nitrogen and oxygen atoms in total. The van der Waals surface area contributed by atoms with Gasteiger partial charge in [0, 0.05) is 28.8 Å². The number of aromatic nitrogens is 1. The fraction of sp³-hybridized carbons (Fsp3) is 0.444. The van der Waals surface area contributed by atoms with Crippen molar-refractivity contribution in [1.29, 1.82) is 0 Å². The van der Waals surface area contributed by atoms with Gasteiger partial charge in [-0.3, -0.25) is 4.79 Å². The standard InChI is InChI=1S/C27H30N2O5S/c1-15(2)29(26(30)17-10-8-16(3)9-11-17)20-13-23(35-24(20)27(31)32)18-12-22(33-14-18)25-28-19-6-4-5-7-21(19)34-25/h4-7,13-17,22H,8-12H2,1-3H3,(H,31,32). The number of benzene rings is 1. The van der Waals surface area contributed by atoms with Crippen LogP contribution in [0.4, 0.5) is 5.69 Å².